The second-order valence-corrected chi connectivity index (χ2v) is 8.37. The second-order valence-electron chi connectivity index (χ2n) is 6.60. The quantitative estimate of drug-likeness (QED) is 0.590. The van der Waals surface area contributed by atoms with Gasteiger partial charge in [0.2, 0.25) is 10.0 Å². The van der Waals surface area contributed by atoms with E-state index < -0.39 is 22.5 Å². The molecule has 0 aliphatic carbocycles. The molecular weight excluding hydrogens is 362 g/mol. The first-order valence-corrected chi connectivity index (χ1v) is 10.1. The number of amides is 1. The molecule has 0 atom stereocenters. The Labute approximate surface area is 160 Å². The maximum atomic E-state index is 12.2. The van der Waals surface area contributed by atoms with Crippen molar-refractivity contribution in [1.82, 2.24) is 10.1 Å². The Morgan fingerprint density at radius 1 is 1.00 bits per heavy atom. The van der Waals surface area contributed by atoms with E-state index in [1.54, 1.807) is 18.3 Å². The van der Waals surface area contributed by atoms with Gasteiger partial charge in [0.25, 0.3) is 5.91 Å². The van der Waals surface area contributed by atoms with Crippen LogP contribution in [0.2, 0.25) is 0 Å². The van der Waals surface area contributed by atoms with Crippen LogP contribution in [0, 0.1) is 34.6 Å². The van der Waals surface area contributed by atoms with Gasteiger partial charge in [0, 0.05) is 5.56 Å². The van der Waals surface area contributed by atoms with Gasteiger partial charge in [-0.1, -0.05) is 23.8 Å². The summed E-state index contributed by atoms with van der Waals surface area (Å²) in [6.07, 6.45) is 1.59. The summed E-state index contributed by atoms with van der Waals surface area (Å²) in [5.41, 5.74) is 8.76. The summed E-state index contributed by atoms with van der Waals surface area (Å²) in [7, 11) is -3.74. The Kier molecular flexibility index (Phi) is 6.51. The average Bonchev–Trinajstić information content (AvgIpc) is 2.61. The number of carbonyl (C=O) groups is 1. The number of benzene rings is 2. The maximum Gasteiger partial charge on any atom is 0.255 e. The van der Waals surface area contributed by atoms with E-state index in [4.69, 9.17) is 0 Å². The van der Waals surface area contributed by atoms with Crippen molar-refractivity contribution in [3.8, 4) is 0 Å². The topological polar surface area (TPSA) is 87.6 Å². The molecule has 0 aromatic heterocycles. The summed E-state index contributed by atoms with van der Waals surface area (Å²) < 4.78 is 26.6. The summed E-state index contributed by atoms with van der Waals surface area (Å²) in [6, 6.07) is 8.51. The standard InChI is InChI=1S/C20H25N3O3S/c1-13-6-8-18(9-7-13)27(25,26)22-12-20(24)23-21-11-19-16(4)14(2)10-15(3)17(19)5/h6-11,22H,12H2,1-5H3,(H,23,24)/b21-11-. The lowest BCUT2D eigenvalue weighted by atomic mass is 9.95. The van der Waals surface area contributed by atoms with E-state index in [1.165, 1.54) is 12.1 Å². The maximum absolute atomic E-state index is 12.2. The zero-order valence-corrected chi connectivity index (χ0v) is 17.1. The molecule has 0 bridgehead atoms. The molecule has 0 saturated heterocycles. The number of hydrogen-bond donors (Lipinski definition) is 2. The molecule has 0 saturated carbocycles. The molecule has 7 heteroatoms. The van der Waals surface area contributed by atoms with Gasteiger partial charge in [-0.05, 0) is 69.0 Å². The number of nitrogens with one attached hydrogen (secondary N) is 2. The van der Waals surface area contributed by atoms with Crippen molar-refractivity contribution in [2.45, 2.75) is 39.5 Å². The van der Waals surface area contributed by atoms with Crippen molar-refractivity contribution >= 4 is 22.1 Å². The highest BCUT2D eigenvalue weighted by Crippen LogP contribution is 2.19. The first-order chi connectivity index (χ1) is 12.6. The molecule has 1 amide bonds. The van der Waals surface area contributed by atoms with Crippen LogP contribution in [0.15, 0.2) is 40.3 Å². The SMILES string of the molecule is Cc1ccc(S(=O)(=O)NCC(=O)N/N=C\c2c(C)c(C)cc(C)c2C)cc1. The lowest BCUT2D eigenvalue weighted by Crippen LogP contribution is -2.34. The molecule has 2 aromatic rings. The normalized spacial score (nSPS) is 11.7. The van der Waals surface area contributed by atoms with Crippen LogP contribution >= 0.6 is 0 Å². The first kappa shape index (κ1) is 20.8. The summed E-state index contributed by atoms with van der Waals surface area (Å²) in [4.78, 5) is 12.0. The number of rotatable bonds is 6. The number of hydrazone groups is 1. The number of hydrogen-bond acceptors (Lipinski definition) is 4. The Morgan fingerprint density at radius 3 is 2.11 bits per heavy atom. The molecular formula is C20H25N3O3S. The van der Waals surface area contributed by atoms with Crippen LogP contribution in [0.5, 0.6) is 0 Å². The lowest BCUT2D eigenvalue weighted by molar-refractivity contribution is -0.119. The molecule has 2 aromatic carbocycles. The fourth-order valence-corrected chi connectivity index (χ4v) is 3.59. The minimum absolute atomic E-state index is 0.117. The van der Waals surface area contributed by atoms with E-state index in [-0.39, 0.29) is 4.90 Å². The van der Waals surface area contributed by atoms with Crippen molar-refractivity contribution in [2.75, 3.05) is 6.54 Å². The molecule has 0 aliphatic rings. The van der Waals surface area contributed by atoms with Crippen molar-refractivity contribution in [3.63, 3.8) is 0 Å². The van der Waals surface area contributed by atoms with Crippen LogP contribution in [-0.2, 0) is 14.8 Å². The highest BCUT2D eigenvalue weighted by Gasteiger charge is 2.15. The van der Waals surface area contributed by atoms with Gasteiger partial charge in [-0.25, -0.2) is 18.6 Å². The van der Waals surface area contributed by atoms with Crippen molar-refractivity contribution in [1.29, 1.82) is 0 Å². The van der Waals surface area contributed by atoms with Gasteiger partial charge in [0.05, 0.1) is 17.7 Å². The van der Waals surface area contributed by atoms with E-state index in [2.05, 4.69) is 21.3 Å². The molecule has 2 N–H and O–H groups in total. The molecule has 0 fully saturated rings. The molecule has 144 valence electrons. The highest BCUT2D eigenvalue weighted by molar-refractivity contribution is 7.89. The second kappa shape index (κ2) is 8.45. The third kappa shape index (κ3) is 5.24. The van der Waals surface area contributed by atoms with Crippen LogP contribution in [0.4, 0.5) is 0 Å². The highest BCUT2D eigenvalue weighted by atomic mass is 32.2. The third-order valence-electron chi connectivity index (χ3n) is 4.56. The number of carbonyl (C=O) groups excluding carboxylic acids is 1. The molecule has 27 heavy (non-hydrogen) atoms. The number of sulfonamides is 1. The predicted octanol–water partition coefficient (Wildman–Crippen LogP) is 2.66. The third-order valence-corrected chi connectivity index (χ3v) is 5.98. The van der Waals surface area contributed by atoms with Crippen LogP contribution in [0.3, 0.4) is 0 Å². The fraction of sp³-hybridized carbons (Fsp3) is 0.300. The summed E-state index contributed by atoms with van der Waals surface area (Å²) in [5.74, 6) is -0.540. The monoisotopic (exact) mass is 387 g/mol. The van der Waals surface area contributed by atoms with Gasteiger partial charge in [-0.15, -0.1) is 0 Å². The molecule has 0 aliphatic heterocycles. The largest absolute Gasteiger partial charge is 0.272 e. The summed E-state index contributed by atoms with van der Waals surface area (Å²) in [6.45, 7) is 9.53. The molecule has 6 nitrogen and oxygen atoms in total. The van der Waals surface area contributed by atoms with Crippen molar-refractivity contribution in [2.24, 2.45) is 5.10 Å². The number of aryl methyl sites for hydroxylation is 3. The Hall–Kier alpha value is -2.51. The molecule has 0 spiro atoms. The Bertz CT molecular complexity index is 952. The van der Waals surface area contributed by atoms with Crippen LogP contribution in [0.1, 0.15) is 33.4 Å². The number of nitrogens with zero attached hydrogens (tertiary/aromatic N) is 1. The predicted molar refractivity (Wildman–Crippen MR) is 107 cm³/mol. The van der Waals surface area contributed by atoms with Crippen molar-refractivity contribution in [3.05, 3.63) is 63.7 Å². The minimum atomic E-state index is -3.74. The zero-order valence-electron chi connectivity index (χ0n) is 16.3. The van der Waals surface area contributed by atoms with E-state index in [9.17, 15) is 13.2 Å². The van der Waals surface area contributed by atoms with Crippen LogP contribution < -0.4 is 10.1 Å². The first-order valence-electron chi connectivity index (χ1n) is 8.57. The summed E-state index contributed by atoms with van der Waals surface area (Å²) in [5, 5.41) is 3.97. The van der Waals surface area contributed by atoms with Gasteiger partial charge in [0.1, 0.15) is 0 Å². The van der Waals surface area contributed by atoms with E-state index in [0.29, 0.717) is 0 Å². The van der Waals surface area contributed by atoms with Gasteiger partial charge in [0.15, 0.2) is 0 Å². The van der Waals surface area contributed by atoms with Gasteiger partial charge in [-0.2, -0.15) is 5.10 Å². The Balaban J connectivity index is 1.99. The lowest BCUT2D eigenvalue weighted by Gasteiger charge is -2.11. The summed E-state index contributed by atoms with van der Waals surface area (Å²) >= 11 is 0. The van der Waals surface area contributed by atoms with Gasteiger partial charge >= 0.3 is 0 Å². The molecule has 0 radical (unpaired) electrons. The van der Waals surface area contributed by atoms with E-state index >= 15 is 0 Å². The van der Waals surface area contributed by atoms with Crippen LogP contribution in [0.25, 0.3) is 0 Å². The Morgan fingerprint density at radius 2 is 1.56 bits per heavy atom. The van der Waals surface area contributed by atoms with Gasteiger partial charge < -0.3 is 0 Å². The van der Waals surface area contributed by atoms with Crippen molar-refractivity contribution < 1.29 is 13.2 Å². The average molecular weight is 388 g/mol. The minimum Gasteiger partial charge on any atom is -0.272 e. The fourth-order valence-electron chi connectivity index (χ4n) is 2.61. The van der Waals surface area contributed by atoms with E-state index in [1.807, 2.05) is 34.6 Å². The molecule has 2 rings (SSSR count). The van der Waals surface area contributed by atoms with Gasteiger partial charge in [-0.3, -0.25) is 4.79 Å². The van der Waals surface area contributed by atoms with E-state index in [0.717, 1.165) is 33.4 Å². The molecule has 0 unspecified atom stereocenters. The van der Waals surface area contributed by atoms with Crippen LogP contribution in [-0.4, -0.2) is 27.1 Å². The zero-order chi connectivity index (χ0) is 20.2. The molecule has 0 heterocycles. The smallest absolute Gasteiger partial charge is 0.255 e.